The van der Waals surface area contributed by atoms with Crippen LogP contribution in [0.5, 0.6) is 0 Å². The Morgan fingerprint density at radius 3 is 2.48 bits per heavy atom. The fourth-order valence-corrected chi connectivity index (χ4v) is 2.09. The molecule has 0 spiro atoms. The van der Waals surface area contributed by atoms with Gasteiger partial charge in [-0.15, -0.1) is 0 Å². The molecule has 0 amide bonds. The highest BCUT2D eigenvalue weighted by Crippen LogP contribution is 2.26. The average molecular weight is 283 g/mol. The summed E-state index contributed by atoms with van der Waals surface area (Å²) in [4.78, 5) is 9.45. The van der Waals surface area contributed by atoms with E-state index in [0.717, 1.165) is 35.9 Å². The van der Waals surface area contributed by atoms with Crippen LogP contribution in [0, 0.1) is 6.92 Å². The van der Waals surface area contributed by atoms with E-state index in [1.165, 1.54) is 5.56 Å². The minimum Gasteiger partial charge on any atom is -0.370 e. The number of aromatic nitrogens is 2. The molecule has 2 aromatic rings. The van der Waals surface area contributed by atoms with Crippen molar-refractivity contribution in [1.82, 2.24) is 9.97 Å². The first-order chi connectivity index (χ1) is 9.90. The van der Waals surface area contributed by atoms with Crippen LogP contribution < -0.4 is 5.32 Å². The lowest BCUT2D eigenvalue weighted by Gasteiger charge is -2.20. The quantitative estimate of drug-likeness (QED) is 0.893. The largest absolute Gasteiger partial charge is 0.370 e. The van der Waals surface area contributed by atoms with Crippen molar-refractivity contribution in [2.75, 3.05) is 11.9 Å². The molecule has 0 unspecified atom stereocenters. The van der Waals surface area contributed by atoms with Crippen LogP contribution >= 0.6 is 0 Å². The Morgan fingerprint density at radius 1 is 1.10 bits per heavy atom. The topological polar surface area (TPSA) is 37.8 Å². The van der Waals surface area contributed by atoms with Gasteiger partial charge < -0.3 is 5.32 Å². The predicted molar refractivity (Wildman–Crippen MR) is 89.7 cm³/mol. The number of aryl methyl sites for hydroxylation is 1. The molecular formula is C18H25N3. The molecule has 1 aromatic carbocycles. The molecule has 0 aliphatic heterocycles. The normalized spacial score (nSPS) is 11.5. The number of anilines is 1. The highest BCUT2D eigenvalue weighted by Gasteiger charge is 2.18. The fraction of sp³-hybridized carbons (Fsp3) is 0.444. The number of rotatable bonds is 4. The van der Waals surface area contributed by atoms with Crippen molar-refractivity contribution in [2.45, 2.75) is 46.5 Å². The SMILES string of the molecule is CCCNc1cc(C(C)(C)C)nc(-c2cccc(C)c2)n1. The summed E-state index contributed by atoms with van der Waals surface area (Å²) in [6.07, 6.45) is 1.08. The molecule has 3 heteroatoms. The number of nitrogens with one attached hydrogen (secondary N) is 1. The average Bonchev–Trinajstić information content (AvgIpc) is 2.44. The van der Waals surface area contributed by atoms with Gasteiger partial charge in [-0.3, -0.25) is 0 Å². The van der Waals surface area contributed by atoms with Crippen LogP contribution in [0.25, 0.3) is 11.4 Å². The summed E-state index contributed by atoms with van der Waals surface area (Å²) in [7, 11) is 0. The molecule has 1 aromatic heterocycles. The van der Waals surface area contributed by atoms with Gasteiger partial charge in [-0.2, -0.15) is 0 Å². The number of hydrogen-bond donors (Lipinski definition) is 1. The van der Waals surface area contributed by atoms with Crippen LogP contribution in [0.15, 0.2) is 30.3 Å². The minimum atomic E-state index is 0.00413. The fourth-order valence-electron chi connectivity index (χ4n) is 2.09. The van der Waals surface area contributed by atoms with Gasteiger partial charge in [-0.1, -0.05) is 51.5 Å². The summed E-state index contributed by atoms with van der Waals surface area (Å²) in [6, 6.07) is 10.4. The monoisotopic (exact) mass is 283 g/mol. The van der Waals surface area contributed by atoms with E-state index >= 15 is 0 Å². The van der Waals surface area contributed by atoms with Crippen LogP contribution in [-0.2, 0) is 5.41 Å². The van der Waals surface area contributed by atoms with Crippen molar-refractivity contribution in [1.29, 1.82) is 0 Å². The molecule has 3 nitrogen and oxygen atoms in total. The van der Waals surface area contributed by atoms with E-state index in [-0.39, 0.29) is 5.41 Å². The van der Waals surface area contributed by atoms with Gasteiger partial charge in [0, 0.05) is 23.6 Å². The van der Waals surface area contributed by atoms with Gasteiger partial charge in [0.15, 0.2) is 5.82 Å². The Labute approximate surface area is 127 Å². The lowest BCUT2D eigenvalue weighted by Crippen LogP contribution is -2.16. The van der Waals surface area contributed by atoms with Gasteiger partial charge in [0.25, 0.3) is 0 Å². The van der Waals surface area contributed by atoms with Crippen molar-refractivity contribution in [3.8, 4) is 11.4 Å². The Morgan fingerprint density at radius 2 is 1.86 bits per heavy atom. The van der Waals surface area contributed by atoms with Crippen LogP contribution in [-0.4, -0.2) is 16.5 Å². The Kier molecular flexibility index (Phi) is 4.61. The summed E-state index contributed by atoms with van der Waals surface area (Å²) < 4.78 is 0. The predicted octanol–water partition coefficient (Wildman–Crippen LogP) is 4.57. The molecule has 1 N–H and O–H groups in total. The number of nitrogens with zero attached hydrogens (tertiary/aromatic N) is 2. The van der Waals surface area contributed by atoms with E-state index in [2.05, 4.69) is 75.3 Å². The lowest BCUT2D eigenvalue weighted by atomic mass is 9.91. The Bertz CT molecular complexity index is 612. The zero-order chi connectivity index (χ0) is 15.5. The second-order valence-electron chi connectivity index (χ2n) is 6.51. The summed E-state index contributed by atoms with van der Waals surface area (Å²) in [5.74, 6) is 1.71. The molecule has 0 radical (unpaired) electrons. The smallest absolute Gasteiger partial charge is 0.161 e. The van der Waals surface area contributed by atoms with Gasteiger partial charge in [-0.25, -0.2) is 9.97 Å². The molecule has 0 saturated heterocycles. The first kappa shape index (κ1) is 15.5. The van der Waals surface area contributed by atoms with Crippen molar-refractivity contribution >= 4 is 5.82 Å². The molecule has 0 bridgehead atoms. The minimum absolute atomic E-state index is 0.00413. The first-order valence-electron chi connectivity index (χ1n) is 7.60. The standard InChI is InChI=1S/C18H25N3/c1-6-10-19-16-12-15(18(3,4)5)20-17(21-16)14-9-7-8-13(2)11-14/h7-9,11-12H,6,10H2,1-5H3,(H,19,20,21). The van der Waals surface area contributed by atoms with E-state index in [0.29, 0.717) is 0 Å². The maximum absolute atomic E-state index is 4.77. The van der Waals surface area contributed by atoms with Gasteiger partial charge >= 0.3 is 0 Å². The zero-order valence-electron chi connectivity index (χ0n) is 13.7. The Hall–Kier alpha value is -1.90. The molecule has 2 rings (SSSR count). The van der Waals surface area contributed by atoms with Crippen LogP contribution in [0.2, 0.25) is 0 Å². The second kappa shape index (κ2) is 6.25. The first-order valence-corrected chi connectivity index (χ1v) is 7.60. The highest BCUT2D eigenvalue weighted by molar-refractivity contribution is 5.59. The third kappa shape index (κ3) is 4.03. The summed E-state index contributed by atoms with van der Waals surface area (Å²) in [6.45, 7) is 11.7. The van der Waals surface area contributed by atoms with E-state index in [4.69, 9.17) is 4.98 Å². The molecule has 1 heterocycles. The highest BCUT2D eigenvalue weighted by atomic mass is 15.0. The number of benzene rings is 1. The molecule has 0 atom stereocenters. The Balaban J connectivity index is 2.49. The molecule has 0 fully saturated rings. The third-order valence-electron chi connectivity index (χ3n) is 3.33. The lowest BCUT2D eigenvalue weighted by molar-refractivity contribution is 0.568. The van der Waals surface area contributed by atoms with E-state index in [9.17, 15) is 0 Å². The molecule has 0 saturated carbocycles. The van der Waals surface area contributed by atoms with Crippen LogP contribution in [0.1, 0.15) is 45.4 Å². The van der Waals surface area contributed by atoms with Gasteiger partial charge in [0.2, 0.25) is 0 Å². The van der Waals surface area contributed by atoms with Crippen LogP contribution in [0.3, 0.4) is 0 Å². The van der Waals surface area contributed by atoms with Gasteiger partial charge in [-0.05, 0) is 19.4 Å². The van der Waals surface area contributed by atoms with Crippen LogP contribution in [0.4, 0.5) is 5.82 Å². The molecule has 21 heavy (non-hydrogen) atoms. The number of hydrogen-bond acceptors (Lipinski definition) is 3. The maximum atomic E-state index is 4.77. The molecular weight excluding hydrogens is 258 g/mol. The van der Waals surface area contributed by atoms with Crippen molar-refractivity contribution in [2.24, 2.45) is 0 Å². The molecule has 112 valence electrons. The van der Waals surface area contributed by atoms with E-state index < -0.39 is 0 Å². The van der Waals surface area contributed by atoms with Crippen molar-refractivity contribution in [3.05, 3.63) is 41.6 Å². The second-order valence-corrected chi connectivity index (χ2v) is 6.51. The van der Waals surface area contributed by atoms with Gasteiger partial charge in [0.1, 0.15) is 5.82 Å². The molecule has 0 aliphatic rings. The van der Waals surface area contributed by atoms with Crippen molar-refractivity contribution in [3.63, 3.8) is 0 Å². The third-order valence-corrected chi connectivity index (χ3v) is 3.33. The van der Waals surface area contributed by atoms with Gasteiger partial charge in [0.05, 0.1) is 5.69 Å². The summed E-state index contributed by atoms with van der Waals surface area (Å²) in [5.41, 5.74) is 3.36. The van der Waals surface area contributed by atoms with E-state index in [1.54, 1.807) is 0 Å². The molecule has 0 aliphatic carbocycles. The summed E-state index contributed by atoms with van der Waals surface area (Å²) in [5, 5.41) is 3.38. The summed E-state index contributed by atoms with van der Waals surface area (Å²) >= 11 is 0. The maximum Gasteiger partial charge on any atom is 0.161 e. The van der Waals surface area contributed by atoms with Crippen molar-refractivity contribution < 1.29 is 0 Å². The van der Waals surface area contributed by atoms with E-state index in [1.807, 2.05) is 0 Å². The zero-order valence-corrected chi connectivity index (χ0v) is 13.7.